The lowest BCUT2D eigenvalue weighted by atomic mass is 10.1. The third-order valence-corrected chi connectivity index (χ3v) is 5.62. The topological polar surface area (TPSA) is 98.0 Å². The maximum Gasteiger partial charge on any atom is 0.273 e. The summed E-state index contributed by atoms with van der Waals surface area (Å²) >= 11 is 2.80. The highest BCUT2D eigenvalue weighted by Gasteiger charge is 2.19. The van der Waals surface area contributed by atoms with Crippen LogP contribution in [0.15, 0.2) is 52.9 Å². The Bertz CT molecular complexity index is 944. The summed E-state index contributed by atoms with van der Waals surface area (Å²) in [6, 6.07) is 14.4. The van der Waals surface area contributed by atoms with Gasteiger partial charge in [0.1, 0.15) is 0 Å². The van der Waals surface area contributed by atoms with Crippen LogP contribution in [0, 0.1) is 17.0 Å². The molecule has 1 aromatic heterocycles. The molecule has 0 aliphatic rings. The number of nitrogens with zero attached hydrogens (tertiary/aromatic N) is 3. The van der Waals surface area contributed by atoms with Crippen molar-refractivity contribution in [2.75, 3.05) is 5.32 Å². The molecule has 0 saturated carbocycles. The molecule has 132 valence electrons. The van der Waals surface area contributed by atoms with Crippen molar-refractivity contribution in [1.29, 1.82) is 0 Å². The molecule has 1 amide bonds. The van der Waals surface area contributed by atoms with E-state index in [9.17, 15) is 14.9 Å². The molecule has 3 aromatic rings. The molecule has 0 atom stereocenters. The van der Waals surface area contributed by atoms with E-state index in [0.29, 0.717) is 10.7 Å². The molecule has 9 heteroatoms. The fourth-order valence-corrected chi connectivity index (χ4v) is 3.97. The number of nitro groups is 1. The number of thioether (sulfide) groups is 1. The van der Waals surface area contributed by atoms with Crippen molar-refractivity contribution in [2.24, 2.45) is 0 Å². The third-order valence-electron chi connectivity index (χ3n) is 3.58. The normalized spacial score (nSPS) is 10.5. The highest BCUT2D eigenvalue weighted by Crippen LogP contribution is 2.29. The summed E-state index contributed by atoms with van der Waals surface area (Å²) in [5.74, 6) is 0.315. The van der Waals surface area contributed by atoms with Crippen LogP contribution < -0.4 is 5.32 Å². The largest absolute Gasteiger partial charge is 0.296 e. The lowest BCUT2D eigenvalue weighted by molar-refractivity contribution is -0.385. The predicted octanol–water partition coefficient (Wildman–Crippen LogP) is 4.30. The molecule has 0 bridgehead atoms. The molecular weight excluding hydrogens is 372 g/mol. The Morgan fingerprint density at radius 3 is 2.69 bits per heavy atom. The first-order valence-electron chi connectivity index (χ1n) is 7.60. The highest BCUT2D eigenvalue weighted by atomic mass is 32.2. The molecular formula is C17H14N4O3S2. The summed E-state index contributed by atoms with van der Waals surface area (Å²) < 4.78 is 0.736. The van der Waals surface area contributed by atoms with Crippen molar-refractivity contribution in [3.05, 3.63) is 75.3 Å². The number of carbonyl (C=O) groups is 1. The molecule has 1 heterocycles. The number of nitrogens with one attached hydrogen (secondary N) is 1. The van der Waals surface area contributed by atoms with Gasteiger partial charge in [0.25, 0.3) is 11.6 Å². The van der Waals surface area contributed by atoms with E-state index in [-0.39, 0.29) is 11.3 Å². The molecule has 0 spiro atoms. The molecule has 26 heavy (non-hydrogen) atoms. The number of aromatic nitrogens is 2. The summed E-state index contributed by atoms with van der Waals surface area (Å²) in [6.07, 6.45) is 0. The van der Waals surface area contributed by atoms with Gasteiger partial charge in [0.15, 0.2) is 4.34 Å². The Labute approximate surface area is 157 Å². The Morgan fingerprint density at radius 2 is 1.96 bits per heavy atom. The molecule has 0 aliphatic carbocycles. The van der Waals surface area contributed by atoms with E-state index in [2.05, 4.69) is 15.5 Å². The summed E-state index contributed by atoms with van der Waals surface area (Å²) in [7, 11) is 0. The second-order valence-corrected chi connectivity index (χ2v) is 7.51. The minimum atomic E-state index is -0.505. The monoisotopic (exact) mass is 386 g/mol. The number of carbonyl (C=O) groups excluding carboxylic acids is 1. The highest BCUT2D eigenvalue weighted by molar-refractivity contribution is 8.00. The van der Waals surface area contributed by atoms with Gasteiger partial charge in [0.05, 0.1) is 4.92 Å². The van der Waals surface area contributed by atoms with Gasteiger partial charge >= 0.3 is 0 Å². The summed E-state index contributed by atoms with van der Waals surface area (Å²) in [5, 5.41) is 22.0. The van der Waals surface area contributed by atoms with E-state index in [4.69, 9.17) is 0 Å². The molecule has 0 unspecified atom stereocenters. The van der Waals surface area contributed by atoms with Crippen LogP contribution in [0.3, 0.4) is 0 Å². The maximum atomic E-state index is 12.4. The number of nitro benzene ring substituents is 1. The van der Waals surface area contributed by atoms with E-state index in [0.717, 1.165) is 10.1 Å². The van der Waals surface area contributed by atoms with Crippen molar-refractivity contribution >= 4 is 39.8 Å². The molecule has 1 N–H and O–H groups in total. The van der Waals surface area contributed by atoms with Crippen molar-refractivity contribution < 1.29 is 9.72 Å². The van der Waals surface area contributed by atoms with E-state index in [1.165, 1.54) is 40.8 Å². The smallest absolute Gasteiger partial charge is 0.273 e. The van der Waals surface area contributed by atoms with Gasteiger partial charge in [-0.25, -0.2) is 0 Å². The Balaban J connectivity index is 1.66. The minimum absolute atomic E-state index is 0.0889. The molecule has 0 fully saturated rings. The Hall–Kier alpha value is -2.78. The second kappa shape index (κ2) is 8.07. The first kappa shape index (κ1) is 18.0. The average molecular weight is 386 g/mol. The fourth-order valence-electron chi connectivity index (χ4n) is 2.27. The van der Waals surface area contributed by atoms with Crippen molar-refractivity contribution in [1.82, 2.24) is 10.2 Å². The molecule has 2 aromatic carbocycles. The zero-order chi connectivity index (χ0) is 18.5. The number of rotatable bonds is 6. The third kappa shape index (κ3) is 4.24. The van der Waals surface area contributed by atoms with Crippen LogP contribution in [-0.4, -0.2) is 21.0 Å². The van der Waals surface area contributed by atoms with Crippen LogP contribution in [0.5, 0.6) is 0 Å². The molecule has 7 nitrogen and oxygen atoms in total. The molecule has 0 saturated heterocycles. The quantitative estimate of drug-likeness (QED) is 0.293. The van der Waals surface area contributed by atoms with Crippen LogP contribution in [0.1, 0.15) is 21.5 Å². The van der Waals surface area contributed by atoms with Gasteiger partial charge in [0, 0.05) is 22.9 Å². The van der Waals surface area contributed by atoms with Gasteiger partial charge in [-0.1, -0.05) is 59.5 Å². The lowest BCUT2D eigenvalue weighted by Gasteiger charge is -2.05. The minimum Gasteiger partial charge on any atom is -0.296 e. The Morgan fingerprint density at radius 1 is 1.19 bits per heavy atom. The van der Waals surface area contributed by atoms with E-state index in [1.54, 1.807) is 13.0 Å². The maximum absolute atomic E-state index is 12.4. The van der Waals surface area contributed by atoms with Crippen LogP contribution in [0.2, 0.25) is 0 Å². The molecule has 0 aliphatic heterocycles. The van der Waals surface area contributed by atoms with Gasteiger partial charge in [-0.3, -0.25) is 20.2 Å². The first-order valence-corrected chi connectivity index (χ1v) is 9.40. The number of benzene rings is 2. The summed E-state index contributed by atoms with van der Waals surface area (Å²) in [5.41, 5.74) is 1.64. The summed E-state index contributed by atoms with van der Waals surface area (Å²) in [4.78, 5) is 22.9. The number of amides is 1. The van der Waals surface area contributed by atoms with Gasteiger partial charge in [-0.05, 0) is 18.6 Å². The number of hydrogen-bond donors (Lipinski definition) is 1. The van der Waals surface area contributed by atoms with Crippen LogP contribution >= 0.6 is 23.1 Å². The van der Waals surface area contributed by atoms with E-state index >= 15 is 0 Å². The standard InChI is InChI=1S/C17H14N4O3S2/c1-11-13(8-5-9-14(11)21(23)24)15(22)18-16-19-20-17(26-16)25-10-12-6-3-2-4-7-12/h2-9H,10H2,1H3,(H,18,19,22). The van der Waals surface area contributed by atoms with Gasteiger partial charge in [0.2, 0.25) is 5.13 Å². The number of anilines is 1. The molecule has 3 rings (SSSR count). The van der Waals surface area contributed by atoms with Crippen LogP contribution in [0.4, 0.5) is 10.8 Å². The van der Waals surface area contributed by atoms with Crippen molar-refractivity contribution in [3.8, 4) is 0 Å². The Kier molecular flexibility index (Phi) is 5.59. The predicted molar refractivity (Wildman–Crippen MR) is 102 cm³/mol. The van der Waals surface area contributed by atoms with Crippen LogP contribution in [-0.2, 0) is 5.75 Å². The number of hydrogen-bond acceptors (Lipinski definition) is 7. The van der Waals surface area contributed by atoms with Gasteiger partial charge in [-0.2, -0.15) is 0 Å². The van der Waals surface area contributed by atoms with Crippen molar-refractivity contribution in [2.45, 2.75) is 17.0 Å². The van der Waals surface area contributed by atoms with Crippen LogP contribution in [0.25, 0.3) is 0 Å². The summed E-state index contributed by atoms with van der Waals surface area (Å²) in [6.45, 7) is 1.55. The SMILES string of the molecule is Cc1c(C(=O)Nc2nnc(SCc3ccccc3)s2)cccc1[N+](=O)[O-]. The average Bonchev–Trinajstić information content (AvgIpc) is 3.08. The van der Waals surface area contributed by atoms with Gasteiger partial charge < -0.3 is 0 Å². The first-order chi connectivity index (χ1) is 12.5. The van der Waals surface area contributed by atoms with Crippen molar-refractivity contribution in [3.63, 3.8) is 0 Å². The second-order valence-electron chi connectivity index (χ2n) is 5.31. The van der Waals surface area contributed by atoms with E-state index < -0.39 is 10.8 Å². The fraction of sp³-hybridized carbons (Fsp3) is 0.118. The zero-order valence-corrected chi connectivity index (χ0v) is 15.3. The van der Waals surface area contributed by atoms with Gasteiger partial charge in [-0.15, -0.1) is 10.2 Å². The molecule has 0 radical (unpaired) electrons. The van der Waals surface area contributed by atoms with E-state index in [1.807, 2.05) is 30.3 Å². The lowest BCUT2D eigenvalue weighted by Crippen LogP contribution is -2.14. The zero-order valence-electron chi connectivity index (χ0n) is 13.7.